The summed E-state index contributed by atoms with van der Waals surface area (Å²) in [6, 6.07) is 0. The average molecular weight is 238 g/mol. The van der Waals surface area contributed by atoms with Gasteiger partial charge in [-0.1, -0.05) is 25.3 Å². The van der Waals surface area contributed by atoms with Crippen LogP contribution in [0.25, 0.3) is 0 Å². The molecule has 2 atom stereocenters. The number of rotatable bonds is 9. The van der Waals surface area contributed by atoms with Crippen LogP contribution in [-0.2, 0) is 0 Å². The summed E-state index contributed by atoms with van der Waals surface area (Å²) in [5.74, 6) is 0. The molecule has 0 aromatic rings. The number of aliphatic hydroxyl groups is 1. The summed E-state index contributed by atoms with van der Waals surface area (Å²) >= 11 is 0. The lowest BCUT2D eigenvalue weighted by molar-refractivity contribution is 0.00710. The Labute approximate surface area is 105 Å². The van der Waals surface area contributed by atoms with Crippen molar-refractivity contribution in [2.45, 2.75) is 64.3 Å². The van der Waals surface area contributed by atoms with Gasteiger partial charge in [0.2, 0.25) is 0 Å². The van der Waals surface area contributed by atoms with Gasteiger partial charge in [-0.05, 0) is 32.6 Å². The fourth-order valence-corrected chi connectivity index (χ4v) is 2.26. The lowest BCUT2D eigenvalue weighted by Gasteiger charge is -2.25. The van der Waals surface area contributed by atoms with Gasteiger partial charge in [-0.15, -0.1) is 6.58 Å². The van der Waals surface area contributed by atoms with Crippen LogP contribution in [0, 0.1) is 0 Å². The highest BCUT2D eigenvalue weighted by Crippen LogP contribution is 2.17. The molecule has 0 saturated heterocycles. The molecule has 0 radical (unpaired) electrons. The van der Waals surface area contributed by atoms with E-state index in [1.54, 1.807) is 0 Å². The molecular weight excluding hydrogens is 212 g/mol. The van der Waals surface area contributed by atoms with E-state index in [2.05, 4.69) is 11.6 Å². The van der Waals surface area contributed by atoms with Crippen LogP contribution < -0.4 is 0 Å². The van der Waals surface area contributed by atoms with Gasteiger partial charge in [0.15, 0.2) is 0 Å². The van der Waals surface area contributed by atoms with Crippen molar-refractivity contribution >= 4 is 6.21 Å². The van der Waals surface area contributed by atoms with Crippen molar-refractivity contribution in [3.63, 3.8) is 0 Å². The standard InChI is InChI=1S/C14H26N2O/c1-3-4-5-6-7-8-9-10-14-15-11-12-16(14)13(2)17/h3,11,13-14,17H,1,4-10,12H2,2H3. The van der Waals surface area contributed by atoms with Gasteiger partial charge in [0.25, 0.3) is 0 Å². The maximum atomic E-state index is 9.56. The number of aliphatic imine (C=N–C) groups is 1. The molecule has 0 aromatic heterocycles. The molecule has 0 saturated carbocycles. The van der Waals surface area contributed by atoms with Crippen molar-refractivity contribution < 1.29 is 5.11 Å². The number of allylic oxidation sites excluding steroid dienone is 1. The first-order valence-corrected chi connectivity index (χ1v) is 6.82. The molecule has 2 unspecified atom stereocenters. The predicted octanol–water partition coefficient (Wildman–Crippen LogP) is 2.95. The molecule has 1 aliphatic heterocycles. The fraction of sp³-hybridized carbons (Fsp3) is 0.786. The average Bonchev–Trinajstić information content (AvgIpc) is 2.76. The summed E-state index contributed by atoms with van der Waals surface area (Å²) in [4.78, 5) is 6.45. The minimum Gasteiger partial charge on any atom is -0.379 e. The molecule has 0 amide bonds. The van der Waals surface area contributed by atoms with Crippen LogP contribution in [0.15, 0.2) is 17.6 Å². The third-order valence-electron chi connectivity index (χ3n) is 3.30. The zero-order valence-electron chi connectivity index (χ0n) is 11.0. The summed E-state index contributed by atoms with van der Waals surface area (Å²) in [7, 11) is 0. The highest BCUT2D eigenvalue weighted by atomic mass is 16.3. The maximum Gasteiger partial charge on any atom is 0.106 e. The monoisotopic (exact) mass is 238 g/mol. The Kier molecular flexibility index (Phi) is 7.13. The summed E-state index contributed by atoms with van der Waals surface area (Å²) in [5.41, 5.74) is 0. The number of hydrogen-bond donors (Lipinski definition) is 1. The van der Waals surface area contributed by atoms with E-state index in [4.69, 9.17) is 0 Å². The van der Waals surface area contributed by atoms with E-state index in [0.717, 1.165) is 19.4 Å². The molecule has 0 fully saturated rings. The number of hydrogen-bond acceptors (Lipinski definition) is 3. The van der Waals surface area contributed by atoms with E-state index in [0.29, 0.717) is 0 Å². The van der Waals surface area contributed by atoms with E-state index >= 15 is 0 Å². The topological polar surface area (TPSA) is 35.8 Å². The van der Waals surface area contributed by atoms with E-state index < -0.39 is 0 Å². The van der Waals surface area contributed by atoms with Crippen molar-refractivity contribution in [3.8, 4) is 0 Å². The molecule has 17 heavy (non-hydrogen) atoms. The molecule has 0 aliphatic carbocycles. The zero-order valence-corrected chi connectivity index (χ0v) is 11.0. The number of unbranched alkanes of at least 4 members (excludes halogenated alkanes) is 5. The lowest BCUT2D eigenvalue weighted by atomic mass is 10.1. The molecule has 1 heterocycles. The molecule has 1 aliphatic rings. The second-order valence-electron chi connectivity index (χ2n) is 4.77. The van der Waals surface area contributed by atoms with Gasteiger partial charge in [0.05, 0.1) is 0 Å². The van der Waals surface area contributed by atoms with Gasteiger partial charge in [0, 0.05) is 12.8 Å². The lowest BCUT2D eigenvalue weighted by Crippen LogP contribution is -2.37. The fourth-order valence-electron chi connectivity index (χ4n) is 2.26. The molecule has 3 heteroatoms. The smallest absolute Gasteiger partial charge is 0.106 e. The maximum absolute atomic E-state index is 9.56. The Morgan fingerprint density at radius 1 is 1.41 bits per heavy atom. The van der Waals surface area contributed by atoms with Crippen LogP contribution in [0.3, 0.4) is 0 Å². The largest absolute Gasteiger partial charge is 0.379 e. The van der Waals surface area contributed by atoms with Crippen LogP contribution in [0.2, 0.25) is 0 Å². The van der Waals surface area contributed by atoms with Crippen LogP contribution in [0.5, 0.6) is 0 Å². The highest BCUT2D eigenvalue weighted by molar-refractivity contribution is 5.62. The Morgan fingerprint density at radius 3 is 2.82 bits per heavy atom. The molecular formula is C14H26N2O. The van der Waals surface area contributed by atoms with Gasteiger partial charge in [-0.25, -0.2) is 0 Å². The third kappa shape index (κ3) is 5.46. The number of aliphatic hydroxyl groups excluding tert-OH is 1. The molecule has 98 valence electrons. The molecule has 3 nitrogen and oxygen atoms in total. The molecule has 0 bridgehead atoms. The molecule has 1 rings (SSSR count). The van der Waals surface area contributed by atoms with Crippen molar-refractivity contribution in [1.82, 2.24) is 4.90 Å². The first-order valence-electron chi connectivity index (χ1n) is 6.82. The molecule has 1 N–H and O–H groups in total. The van der Waals surface area contributed by atoms with Gasteiger partial charge in [-0.3, -0.25) is 9.89 Å². The van der Waals surface area contributed by atoms with Crippen LogP contribution >= 0.6 is 0 Å². The molecule has 0 spiro atoms. The first kappa shape index (κ1) is 14.4. The van der Waals surface area contributed by atoms with Gasteiger partial charge < -0.3 is 5.11 Å². The second-order valence-corrected chi connectivity index (χ2v) is 4.77. The Bertz CT molecular complexity index is 238. The number of nitrogens with zero attached hydrogens (tertiary/aromatic N) is 2. The van der Waals surface area contributed by atoms with E-state index in [9.17, 15) is 5.11 Å². The van der Waals surface area contributed by atoms with Crippen molar-refractivity contribution in [3.05, 3.63) is 12.7 Å². The highest BCUT2D eigenvalue weighted by Gasteiger charge is 2.23. The van der Waals surface area contributed by atoms with Gasteiger partial charge in [-0.2, -0.15) is 0 Å². The van der Waals surface area contributed by atoms with E-state index in [-0.39, 0.29) is 12.4 Å². The van der Waals surface area contributed by atoms with Crippen LogP contribution in [-0.4, -0.2) is 35.2 Å². The summed E-state index contributed by atoms with van der Waals surface area (Å²) < 4.78 is 0. The van der Waals surface area contributed by atoms with Gasteiger partial charge >= 0.3 is 0 Å². The Hall–Kier alpha value is -0.670. The minimum absolute atomic E-state index is 0.211. The second kappa shape index (κ2) is 8.43. The summed E-state index contributed by atoms with van der Waals surface area (Å²) in [5, 5.41) is 9.56. The SMILES string of the molecule is C=CCCCCCCCC1N=CCN1C(C)O. The normalized spacial score (nSPS) is 21.9. The van der Waals surface area contributed by atoms with E-state index in [1.165, 1.54) is 32.1 Å². The Morgan fingerprint density at radius 2 is 2.12 bits per heavy atom. The minimum atomic E-state index is -0.380. The van der Waals surface area contributed by atoms with Crippen molar-refractivity contribution in [2.75, 3.05) is 6.54 Å². The van der Waals surface area contributed by atoms with E-state index in [1.807, 2.05) is 24.1 Å². The quantitative estimate of drug-likeness (QED) is 0.495. The van der Waals surface area contributed by atoms with Crippen molar-refractivity contribution in [2.24, 2.45) is 4.99 Å². The van der Waals surface area contributed by atoms with Crippen LogP contribution in [0.1, 0.15) is 51.9 Å². The first-order chi connectivity index (χ1) is 8.25. The predicted molar refractivity (Wildman–Crippen MR) is 73.2 cm³/mol. The Balaban J connectivity index is 2.02. The van der Waals surface area contributed by atoms with Gasteiger partial charge in [0.1, 0.15) is 12.4 Å². The zero-order chi connectivity index (χ0) is 12.5. The third-order valence-corrected chi connectivity index (χ3v) is 3.30. The summed E-state index contributed by atoms with van der Waals surface area (Å²) in [6.07, 6.45) is 12.3. The van der Waals surface area contributed by atoms with Crippen molar-refractivity contribution in [1.29, 1.82) is 0 Å². The molecule has 0 aromatic carbocycles. The van der Waals surface area contributed by atoms with Crippen LogP contribution in [0.4, 0.5) is 0 Å². The summed E-state index contributed by atoms with van der Waals surface area (Å²) in [6.45, 7) is 6.34.